The monoisotopic (exact) mass is 337 g/mol. The van der Waals surface area contributed by atoms with E-state index < -0.39 is 5.41 Å². The molecule has 2 rings (SSSR count). The molecule has 0 saturated heterocycles. The topological polar surface area (TPSA) is 33.5 Å². The molecule has 1 aromatic carbocycles. The summed E-state index contributed by atoms with van der Waals surface area (Å²) in [5, 5.41) is 0. The minimum absolute atomic E-state index is 0.0640. The molecule has 0 unspecified atom stereocenters. The maximum Gasteiger partial charge on any atom is 0.230 e. The molecule has 0 radical (unpaired) electrons. The molecule has 1 heterocycles. The first-order valence-electron chi connectivity index (χ1n) is 7.47. The van der Waals surface area contributed by atoms with Crippen molar-refractivity contribution in [2.24, 2.45) is 5.41 Å². The highest BCUT2D eigenvalue weighted by Crippen LogP contribution is 2.24. The van der Waals surface area contributed by atoms with Crippen molar-refractivity contribution < 1.29 is 13.6 Å². The van der Waals surface area contributed by atoms with Crippen molar-refractivity contribution in [2.45, 2.75) is 33.9 Å². The van der Waals surface area contributed by atoms with Crippen molar-refractivity contribution in [1.29, 1.82) is 0 Å². The second-order valence-electron chi connectivity index (χ2n) is 6.32. The van der Waals surface area contributed by atoms with Crippen molar-refractivity contribution >= 4 is 17.5 Å². The van der Waals surface area contributed by atoms with Crippen LogP contribution in [0, 0.1) is 18.2 Å². The molecule has 0 aliphatic carbocycles. The molecular weight excluding hydrogens is 317 g/mol. The molecule has 0 saturated carbocycles. The van der Waals surface area contributed by atoms with Gasteiger partial charge in [0.05, 0.1) is 12.0 Å². The van der Waals surface area contributed by atoms with Crippen molar-refractivity contribution in [3.63, 3.8) is 0 Å². The number of amides is 1. The van der Waals surface area contributed by atoms with Crippen molar-refractivity contribution in [2.75, 3.05) is 5.88 Å². The van der Waals surface area contributed by atoms with E-state index in [-0.39, 0.29) is 17.6 Å². The highest BCUT2D eigenvalue weighted by atomic mass is 35.5. The molecule has 124 valence electrons. The Labute approximate surface area is 141 Å². The van der Waals surface area contributed by atoms with Crippen LogP contribution in [0.5, 0.6) is 0 Å². The summed E-state index contributed by atoms with van der Waals surface area (Å²) in [7, 11) is 0. The van der Waals surface area contributed by atoms with E-state index in [1.54, 1.807) is 17.0 Å². The van der Waals surface area contributed by atoms with Crippen LogP contribution >= 0.6 is 11.6 Å². The molecular formula is C18H21ClFNO2. The van der Waals surface area contributed by atoms with Crippen molar-refractivity contribution in [3.05, 3.63) is 59.3 Å². The Morgan fingerprint density at radius 2 is 1.83 bits per heavy atom. The number of hydrogen-bond acceptors (Lipinski definition) is 2. The lowest BCUT2D eigenvalue weighted by Gasteiger charge is -2.30. The van der Waals surface area contributed by atoms with Crippen LogP contribution in [0.15, 0.2) is 40.8 Å². The number of furan rings is 1. The van der Waals surface area contributed by atoms with Crippen LogP contribution < -0.4 is 0 Å². The van der Waals surface area contributed by atoms with Crippen LogP contribution in [0.4, 0.5) is 4.39 Å². The van der Waals surface area contributed by atoms with Crippen LogP contribution in [-0.4, -0.2) is 16.7 Å². The first kappa shape index (κ1) is 17.5. The van der Waals surface area contributed by atoms with Gasteiger partial charge in [-0.1, -0.05) is 12.1 Å². The number of aryl methyl sites for hydroxylation is 1. The molecule has 3 nitrogen and oxygen atoms in total. The molecule has 0 aliphatic heterocycles. The number of alkyl halides is 1. The number of hydrogen-bond donors (Lipinski definition) is 0. The second kappa shape index (κ2) is 7.18. The zero-order valence-electron chi connectivity index (χ0n) is 13.6. The summed E-state index contributed by atoms with van der Waals surface area (Å²) >= 11 is 5.94. The fourth-order valence-corrected chi connectivity index (χ4v) is 2.37. The molecule has 5 heteroatoms. The Kier molecular flexibility index (Phi) is 5.47. The zero-order valence-corrected chi connectivity index (χ0v) is 14.4. The lowest BCUT2D eigenvalue weighted by molar-refractivity contribution is -0.140. The Bertz CT molecular complexity index is 664. The normalized spacial score (nSPS) is 11.5. The average molecular weight is 338 g/mol. The zero-order chi connectivity index (χ0) is 17.0. The van der Waals surface area contributed by atoms with Gasteiger partial charge in [-0.15, -0.1) is 11.6 Å². The summed E-state index contributed by atoms with van der Waals surface area (Å²) in [6.45, 7) is 6.21. The SMILES string of the molecule is Cc1ccc(CN(Cc2ccc(F)cc2)C(=O)C(C)(C)CCl)o1. The van der Waals surface area contributed by atoms with Gasteiger partial charge < -0.3 is 9.32 Å². The van der Waals surface area contributed by atoms with Gasteiger partial charge in [0.15, 0.2) is 0 Å². The van der Waals surface area contributed by atoms with Gasteiger partial charge in [-0.05, 0) is 50.6 Å². The highest BCUT2D eigenvalue weighted by Gasteiger charge is 2.31. The van der Waals surface area contributed by atoms with E-state index in [2.05, 4.69) is 0 Å². The Hall–Kier alpha value is -1.81. The number of benzene rings is 1. The summed E-state index contributed by atoms with van der Waals surface area (Å²) in [6, 6.07) is 9.85. The molecule has 23 heavy (non-hydrogen) atoms. The number of nitrogens with zero attached hydrogens (tertiary/aromatic N) is 1. The molecule has 0 spiro atoms. The number of rotatable bonds is 6. The van der Waals surface area contributed by atoms with Gasteiger partial charge in [-0.3, -0.25) is 4.79 Å². The minimum Gasteiger partial charge on any atom is -0.464 e. The van der Waals surface area contributed by atoms with E-state index in [0.717, 1.165) is 11.3 Å². The molecule has 0 atom stereocenters. The maximum atomic E-state index is 13.1. The second-order valence-corrected chi connectivity index (χ2v) is 6.58. The molecule has 1 aromatic heterocycles. The first-order chi connectivity index (χ1) is 10.8. The summed E-state index contributed by atoms with van der Waals surface area (Å²) in [5.41, 5.74) is 0.178. The first-order valence-corrected chi connectivity index (χ1v) is 8.00. The Balaban J connectivity index is 2.23. The standard InChI is InChI=1S/C18H21ClFNO2/c1-13-4-9-16(23-13)11-21(17(22)18(2,3)12-19)10-14-5-7-15(20)8-6-14/h4-9H,10-12H2,1-3H3. The third-order valence-corrected chi connectivity index (χ3v) is 4.30. The fourth-order valence-electron chi connectivity index (χ4n) is 2.25. The smallest absolute Gasteiger partial charge is 0.230 e. The molecule has 2 aromatic rings. The Morgan fingerprint density at radius 1 is 1.17 bits per heavy atom. The Morgan fingerprint density at radius 3 is 2.35 bits per heavy atom. The van der Waals surface area contributed by atoms with Crippen LogP contribution in [0.25, 0.3) is 0 Å². The van der Waals surface area contributed by atoms with Gasteiger partial charge in [0.25, 0.3) is 0 Å². The van der Waals surface area contributed by atoms with Gasteiger partial charge in [0.1, 0.15) is 17.3 Å². The minimum atomic E-state index is -0.677. The maximum absolute atomic E-state index is 13.1. The van der Waals surface area contributed by atoms with E-state index in [4.69, 9.17) is 16.0 Å². The molecule has 0 bridgehead atoms. The number of carbonyl (C=O) groups excluding carboxylic acids is 1. The lowest BCUT2D eigenvalue weighted by Crippen LogP contribution is -2.41. The van der Waals surface area contributed by atoms with Gasteiger partial charge >= 0.3 is 0 Å². The predicted octanol–water partition coefficient (Wildman–Crippen LogP) is 4.52. The fraction of sp³-hybridized carbons (Fsp3) is 0.389. The van der Waals surface area contributed by atoms with Crippen LogP contribution in [0.3, 0.4) is 0 Å². The van der Waals surface area contributed by atoms with E-state index in [1.807, 2.05) is 32.9 Å². The molecule has 0 fully saturated rings. The van der Waals surface area contributed by atoms with Gasteiger partial charge in [0, 0.05) is 12.4 Å². The van der Waals surface area contributed by atoms with Crippen LogP contribution in [0.1, 0.15) is 30.9 Å². The number of halogens is 2. The molecule has 0 N–H and O–H groups in total. The largest absolute Gasteiger partial charge is 0.464 e. The van der Waals surface area contributed by atoms with E-state index in [9.17, 15) is 9.18 Å². The third kappa shape index (κ3) is 4.58. The lowest BCUT2D eigenvalue weighted by atomic mass is 9.94. The summed E-state index contributed by atoms with van der Waals surface area (Å²) in [5.74, 6) is 1.37. The average Bonchev–Trinajstić information content (AvgIpc) is 2.93. The van der Waals surface area contributed by atoms with Crippen molar-refractivity contribution in [1.82, 2.24) is 4.90 Å². The van der Waals surface area contributed by atoms with Gasteiger partial charge in [-0.25, -0.2) is 4.39 Å². The van der Waals surface area contributed by atoms with Crippen LogP contribution in [0.2, 0.25) is 0 Å². The van der Waals surface area contributed by atoms with Crippen molar-refractivity contribution in [3.8, 4) is 0 Å². The highest BCUT2D eigenvalue weighted by molar-refractivity contribution is 6.19. The summed E-state index contributed by atoms with van der Waals surface area (Å²) in [4.78, 5) is 14.5. The van der Waals surface area contributed by atoms with Gasteiger partial charge in [0.2, 0.25) is 5.91 Å². The van der Waals surface area contributed by atoms with E-state index in [1.165, 1.54) is 12.1 Å². The molecule has 0 aliphatic rings. The quantitative estimate of drug-likeness (QED) is 0.726. The predicted molar refractivity (Wildman–Crippen MR) is 88.6 cm³/mol. The summed E-state index contributed by atoms with van der Waals surface area (Å²) in [6.07, 6.45) is 0. The van der Waals surface area contributed by atoms with E-state index >= 15 is 0 Å². The van der Waals surface area contributed by atoms with Crippen LogP contribution in [-0.2, 0) is 17.9 Å². The number of carbonyl (C=O) groups is 1. The third-order valence-electron chi connectivity index (χ3n) is 3.63. The molecule has 1 amide bonds. The van der Waals surface area contributed by atoms with E-state index in [0.29, 0.717) is 18.8 Å². The summed E-state index contributed by atoms with van der Waals surface area (Å²) < 4.78 is 18.6. The van der Waals surface area contributed by atoms with Gasteiger partial charge in [-0.2, -0.15) is 0 Å².